The second-order valence-electron chi connectivity index (χ2n) is 6.70. The van der Waals surface area contributed by atoms with E-state index in [0.29, 0.717) is 0 Å². The van der Waals surface area contributed by atoms with Crippen molar-refractivity contribution in [2.75, 3.05) is 0 Å². The van der Waals surface area contributed by atoms with Crippen molar-refractivity contribution in [3.63, 3.8) is 0 Å². The monoisotopic (exact) mass is 363 g/mol. The van der Waals surface area contributed by atoms with Gasteiger partial charge in [0.2, 0.25) is 0 Å². The number of rotatable bonds is 3. The van der Waals surface area contributed by atoms with Crippen LogP contribution in [0.4, 0.5) is 11.4 Å². The van der Waals surface area contributed by atoms with Crippen molar-refractivity contribution >= 4 is 33.2 Å². The van der Waals surface area contributed by atoms with Gasteiger partial charge in [-0.15, -0.1) is 10.2 Å². The Bertz CT molecular complexity index is 1320. The number of azo groups is 1. The third kappa shape index (κ3) is 3.03. The molecule has 28 heavy (non-hydrogen) atoms. The van der Waals surface area contributed by atoms with Gasteiger partial charge in [-0.3, -0.25) is 0 Å². The number of hydrogen-bond donors (Lipinski definition) is 0. The zero-order valence-corrected chi connectivity index (χ0v) is 15.3. The molecule has 0 saturated carbocycles. The van der Waals surface area contributed by atoms with Gasteiger partial charge in [-0.2, -0.15) is 15.0 Å². The van der Waals surface area contributed by atoms with Crippen molar-refractivity contribution in [2.45, 2.75) is 6.92 Å². The van der Waals surface area contributed by atoms with E-state index < -0.39 is 0 Å². The molecule has 0 aliphatic rings. The summed E-state index contributed by atoms with van der Waals surface area (Å²) in [4.78, 5) is 1.67. The van der Waals surface area contributed by atoms with Crippen molar-refractivity contribution in [1.29, 1.82) is 0 Å². The molecule has 0 fully saturated rings. The van der Waals surface area contributed by atoms with Gasteiger partial charge in [0.25, 0.3) is 0 Å². The SMILES string of the molecule is Cc1cccc(N=Nc2ccc(-n3nc4ccc5ccccc5c4n3)cc2)c1. The number of aromatic nitrogens is 3. The zero-order chi connectivity index (χ0) is 18.9. The lowest BCUT2D eigenvalue weighted by atomic mass is 10.1. The number of benzene rings is 4. The molecule has 5 aromatic rings. The van der Waals surface area contributed by atoms with Crippen molar-refractivity contribution in [2.24, 2.45) is 10.2 Å². The molecule has 5 heteroatoms. The van der Waals surface area contributed by atoms with Crippen LogP contribution >= 0.6 is 0 Å². The summed E-state index contributed by atoms with van der Waals surface area (Å²) in [6.45, 7) is 2.04. The zero-order valence-electron chi connectivity index (χ0n) is 15.3. The molecule has 0 N–H and O–H groups in total. The summed E-state index contributed by atoms with van der Waals surface area (Å²) in [6.07, 6.45) is 0. The number of nitrogens with zero attached hydrogens (tertiary/aromatic N) is 5. The Balaban J connectivity index is 1.46. The molecule has 0 aliphatic carbocycles. The molecule has 0 amide bonds. The summed E-state index contributed by atoms with van der Waals surface area (Å²) < 4.78 is 0. The quantitative estimate of drug-likeness (QED) is 0.353. The van der Waals surface area contributed by atoms with Crippen LogP contribution in [0.5, 0.6) is 0 Å². The maximum atomic E-state index is 4.70. The maximum absolute atomic E-state index is 4.70. The first-order valence-corrected chi connectivity index (χ1v) is 9.10. The largest absolute Gasteiger partial charge is 0.151 e. The molecule has 1 aromatic heterocycles. The summed E-state index contributed by atoms with van der Waals surface area (Å²) in [5, 5.41) is 20.2. The minimum atomic E-state index is 0.785. The highest BCUT2D eigenvalue weighted by atomic mass is 15.5. The Hall–Kier alpha value is -3.86. The molecule has 0 saturated heterocycles. The summed E-state index contributed by atoms with van der Waals surface area (Å²) in [7, 11) is 0. The molecule has 5 nitrogen and oxygen atoms in total. The minimum Gasteiger partial charge on any atom is -0.151 e. The normalized spacial score (nSPS) is 11.6. The van der Waals surface area contributed by atoms with Crippen LogP contribution in [-0.4, -0.2) is 15.0 Å². The van der Waals surface area contributed by atoms with E-state index in [1.165, 1.54) is 0 Å². The fourth-order valence-corrected chi connectivity index (χ4v) is 3.22. The second-order valence-corrected chi connectivity index (χ2v) is 6.70. The topological polar surface area (TPSA) is 55.4 Å². The second kappa shape index (κ2) is 6.70. The van der Waals surface area contributed by atoms with E-state index in [1.807, 2.05) is 73.7 Å². The van der Waals surface area contributed by atoms with Gasteiger partial charge in [-0.25, -0.2) is 0 Å². The predicted molar refractivity (Wildman–Crippen MR) is 112 cm³/mol. The average Bonchev–Trinajstić information content (AvgIpc) is 3.18. The smallest absolute Gasteiger partial charge is 0.121 e. The van der Waals surface area contributed by atoms with E-state index in [-0.39, 0.29) is 0 Å². The van der Waals surface area contributed by atoms with Crippen LogP contribution in [0.2, 0.25) is 0 Å². The number of aryl methyl sites for hydroxylation is 1. The first-order chi connectivity index (χ1) is 13.8. The van der Waals surface area contributed by atoms with Gasteiger partial charge in [0.1, 0.15) is 11.0 Å². The molecule has 0 bridgehead atoms. The van der Waals surface area contributed by atoms with E-state index in [4.69, 9.17) is 5.10 Å². The first kappa shape index (κ1) is 16.3. The standard InChI is InChI=1S/C23H17N5/c1-16-5-4-7-19(15-16)25-24-18-10-12-20(13-11-18)28-26-22-14-9-17-6-2-3-8-21(17)23(22)27-28/h2-15H,1H3. The highest BCUT2D eigenvalue weighted by Crippen LogP contribution is 2.24. The summed E-state index contributed by atoms with van der Waals surface area (Å²) >= 11 is 0. The van der Waals surface area contributed by atoms with E-state index in [9.17, 15) is 0 Å². The van der Waals surface area contributed by atoms with E-state index in [0.717, 1.165) is 44.4 Å². The van der Waals surface area contributed by atoms with Crippen LogP contribution in [0.15, 0.2) is 95.2 Å². The molecule has 5 rings (SSSR count). The number of fused-ring (bicyclic) bond motifs is 3. The molecule has 0 spiro atoms. The highest BCUT2D eigenvalue weighted by Gasteiger charge is 2.08. The van der Waals surface area contributed by atoms with Gasteiger partial charge >= 0.3 is 0 Å². The maximum Gasteiger partial charge on any atom is 0.121 e. The summed E-state index contributed by atoms with van der Waals surface area (Å²) in [6, 6.07) is 28.0. The molecule has 0 radical (unpaired) electrons. The Labute approximate surface area is 162 Å². The van der Waals surface area contributed by atoms with E-state index >= 15 is 0 Å². The van der Waals surface area contributed by atoms with Gasteiger partial charge in [0.15, 0.2) is 0 Å². The third-order valence-corrected chi connectivity index (χ3v) is 4.64. The lowest BCUT2D eigenvalue weighted by Crippen LogP contribution is -1.97. The van der Waals surface area contributed by atoms with E-state index in [1.54, 1.807) is 4.80 Å². The van der Waals surface area contributed by atoms with Gasteiger partial charge in [0, 0.05) is 5.39 Å². The molecular weight excluding hydrogens is 346 g/mol. The Morgan fingerprint density at radius 2 is 1.54 bits per heavy atom. The number of hydrogen-bond acceptors (Lipinski definition) is 4. The lowest BCUT2D eigenvalue weighted by Gasteiger charge is -1.99. The summed E-state index contributed by atoms with van der Waals surface area (Å²) in [5.41, 5.74) is 5.46. The molecule has 134 valence electrons. The van der Waals surface area contributed by atoms with Crippen molar-refractivity contribution in [3.8, 4) is 5.69 Å². The van der Waals surface area contributed by atoms with Gasteiger partial charge < -0.3 is 0 Å². The first-order valence-electron chi connectivity index (χ1n) is 9.10. The fourth-order valence-electron chi connectivity index (χ4n) is 3.22. The van der Waals surface area contributed by atoms with Crippen LogP contribution in [0.1, 0.15) is 5.56 Å². The van der Waals surface area contributed by atoms with Gasteiger partial charge in [-0.05, 0) is 60.3 Å². The third-order valence-electron chi connectivity index (χ3n) is 4.64. The van der Waals surface area contributed by atoms with Gasteiger partial charge in [-0.1, -0.05) is 42.5 Å². The van der Waals surface area contributed by atoms with Crippen LogP contribution in [0.3, 0.4) is 0 Å². The predicted octanol–water partition coefficient (Wildman–Crippen LogP) is 6.30. The fraction of sp³-hybridized carbons (Fsp3) is 0.0435. The molecule has 0 atom stereocenters. The van der Waals surface area contributed by atoms with Crippen LogP contribution < -0.4 is 0 Å². The molecule has 1 heterocycles. The Morgan fingerprint density at radius 3 is 2.39 bits per heavy atom. The minimum absolute atomic E-state index is 0.785. The molecule has 0 aliphatic heterocycles. The molecule has 0 unspecified atom stereocenters. The van der Waals surface area contributed by atoms with Crippen molar-refractivity contribution in [3.05, 3.63) is 90.5 Å². The van der Waals surface area contributed by atoms with Crippen LogP contribution in [0.25, 0.3) is 27.5 Å². The van der Waals surface area contributed by atoms with Crippen molar-refractivity contribution in [1.82, 2.24) is 15.0 Å². The Morgan fingerprint density at radius 1 is 0.714 bits per heavy atom. The van der Waals surface area contributed by atoms with Gasteiger partial charge in [0.05, 0.1) is 17.1 Å². The lowest BCUT2D eigenvalue weighted by molar-refractivity contribution is 0.766. The van der Waals surface area contributed by atoms with Crippen molar-refractivity contribution < 1.29 is 0 Å². The average molecular weight is 363 g/mol. The van der Waals surface area contributed by atoms with Crippen LogP contribution in [-0.2, 0) is 0 Å². The highest BCUT2D eigenvalue weighted by molar-refractivity contribution is 6.03. The Kier molecular flexibility index (Phi) is 3.91. The van der Waals surface area contributed by atoms with E-state index in [2.05, 4.69) is 33.5 Å². The molecular formula is C23H17N5. The van der Waals surface area contributed by atoms with Crippen LogP contribution in [0, 0.1) is 6.92 Å². The summed E-state index contributed by atoms with van der Waals surface area (Å²) in [5.74, 6) is 0. The molecule has 4 aromatic carbocycles.